The van der Waals surface area contributed by atoms with Crippen molar-refractivity contribution in [2.45, 2.75) is 45.6 Å². The van der Waals surface area contributed by atoms with Gasteiger partial charge in [0, 0.05) is 6.04 Å². The van der Waals surface area contributed by atoms with Crippen LogP contribution in [0, 0.1) is 11.7 Å². The Morgan fingerprint density at radius 3 is 2.29 bits per heavy atom. The van der Waals surface area contributed by atoms with Crippen molar-refractivity contribution in [2.24, 2.45) is 5.92 Å². The predicted octanol–water partition coefficient (Wildman–Crippen LogP) is 4.30. The second-order valence-corrected chi connectivity index (χ2v) is 4.66. The highest BCUT2D eigenvalue weighted by atomic mass is 19.1. The molecule has 0 radical (unpaired) electrons. The van der Waals surface area contributed by atoms with Gasteiger partial charge in [-0.1, -0.05) is 38.8 Å². The molecule has 0 aliphatic carbocycles. The summed E-state index contributed by atoms with van der Waals surface area (Å²) in [5, 5.41) is 3.35. The quantitative estimate of drug-likeness (QED) is 0.745. The summed E-state index contributed by atoms with van der Waals surface area (Å²) in [6.07, 6.45) is 4.74. The second-order valence-electron chi connectivity index (χ2n) is 4.66. The number of nitrogens with one attached hydrogen (secondary N) is 1. The van der Waals surface area contributed by atoms with Gasteiger partial charge in [0.2, 0.25) is 0 Å². The first-order valence-electron chi connectivity index (χ1n) is 6.65. The molecule has 2 heteroatoms. The van der Waals surface area contributed by atoms with Crippen molar-refractivity contribution in [3.8, 4) is 0 Å². The van der Waals surface area contributed by atoms with E-state index in [0.717, 1.165) is 5.56 Å². The van der Waals surface area contributed by atoms with Crippen LogP contribution in [0.15, 0.2) is 24.3 Å². The van der Waals surface area contributed by atoms with Crippen LogP contribution in [0.4, 0.5) is 4.39 Å². The lowest BCUT2D eigenvalue weighted by molar-refractivity contribution is 0.330. The summed E-state index contributed by atoms with van der Waals surface area (Å²) in [4.78, 5) is 0. The highest BCUT2D eigenvalue weighted by Gasteiger charge is 2.20. The van der Waals surface area contributed by atoms with Crippen molar-refractivity contribution in [1.82, 2.24) is 5.32 Å². The standard InChI is InChI=1S/C15H24FN/c1-4-7-12(8-5-2)15(17-3)13-9-6-10-14(16)11-13/h6,9-12,15,17H,4-5,7-8H2,1-3H3. The van der Waals surface area contributed by atoms with Gasteiger partial charge in [-0.25, -0.2) is 4.39 Å². The van der Waals surface area contributed by atoms with E-state index in [2.05, 4.69) is 19.2 Å². The molecule has 0 fully saturated rings. The molecule has 1 aromatic rings. The molecule has 0 bridgehead atoms. The number of halogens is 1. The minimum atomic E-state index is -0.144. The van der Waals surface area contributed by atoms with Gasteiger partial charge in [-0.05, 0) is 43.5 Å². The minimum absolute atomic E-state index is 0.144. The number of benzene rings is 1. The minimum Gasteiger partial charge on any atom is -0.313 e. The summed E-state index contributed by atoms with van der Waals surface area (Å²) in [6.45, 7) is 4.42. The van der Waals surface area contributed by atoms with Crippen molar-refractivity contribution < 1.29 is 4.39 Å². The molecule has 0 saturated carbocycles. The van der Waals surface area contributed by atoms with Gasteiger partial charge in [0.05, 0.1) is 0 Å². The molecule has 1 nitrogen and oxygen atoms in total. The lowest BCUT2D eigenvalue weighted by Gasteiger charge is -2.27. The Labute approximate surface area is 104 Å². The first kappa shape index (κ1) is 14.2. The topological polar surface area (TPSA) is 12.0 Å². The van der Waals surface area contributed by atoms with Crippen molar-refractivity contribution in [3.05, 3.63) is 35.6 Å². The average molecular weight is 237 g/mol. The van der Waals surface area contributed by atoms with Crippen molar-refractivity contribution in [1.29, 1.82) is 0 Å². The molecule has 0 saturated heterocycles. The lowest BCUT2D eigenvalue weighted by atomic mass is 9.86. The van der Waals surface area contributed by atoms with Crippen LogP contribution >= 0.6 is 0 Å². The highest BCUT2D eigenvalue weighted by molar-refractivity contribution is 5.20. The molecular formula is C15H24FN. The molecule has 0 aliphatic heterocycles. The third-order valence-corrected chi connectivity index (χ3v) is 3.31. The van der Waals surface area contributed by atoms with Gasteiger partial charge in [0.25, 0.3) is 0 Å². The van der Waals surface area contributed by atoms with Crippen molar-refractivity contribution >= 4 is 0 Å². The summed E-state index contributed by atoms with van der Waals surface area (Å²) >= 11 is 0. The maximum Gasteiger partial charge on any atom is 0.123 e. The summed E-state index contributed by atoms with van der Waals surface area (Å²) < 4.78 is 13.3. The lowest BCUT2D eigenvalue weighted by Crippen LogP contribution is -2.25. The first-order chi connectivity index (χ1) is 8.22. The summed E-state index contributed by atoms with van der Waals surface area (Å²) in [6, 6.07) is 7.24. The molecule has 0 amide bonds. The fraction of sp³-hybridized carbons (Fsp3) is 0.600. The first-order valence-corrected chi connectivity index (χ1v) is 6.65. The zero-order valence-electron chi connectivity index (χ0n) is 11.2. The molecular weight excluding hydrogens is 213 g/mol. The number of hydrogen-bond acceptors (Lipinski definition) is 1. The van der Waals surface area contributed by atoms with Crippen LogP contribution in [0.2, 0.25) is 0 Å². The molecule has 1 N–H and O–H groups in total. The van der Waals surface area contributed by atoms with E-state index in [1.54, 1.807) is 12.1 Å². The summed E-state index contributed by atoms with van der Waals surface area (Å²) in [5.41, 5.74) is 1.07. The van der Waals surface area contributed by atoms with Crippen LogP contribution in [-0.4, -0.2) is 7.05 Å². The van der Waals surface area contributed by atoms with Gasteiger partial charge >= 0.3 is 0 Å². The van der Waals surface area contributed by atoms with Gasteiger partial charge in [-0.2, -0.15) is 0 Å². The normalized spacial score (nSPS) is 13.0. The van der Waals surface area contributed by atoms with Crippen molar-refractivity contribution in [3.63, 3.8) is 0 Å². The third kappa shape index (κ3) is 4.12. The predicted molar refractivity (Wildman–Crippen MR) is 71.5 cm³/mol. The molecule has 1 unspecified atom stereocenters. The van der Waals surface area contributed by atoms with Crippen LogP contribution < -0.4 is 5.32 Å². The van der Waals surface area contributed by atoms with Gasteiger partial charge in [-0.3, -0.25) is 0 Å². The van der Waals surface area contributed by atoms with E-state index < -0.39 is 0 Å². The monoisotopic (exact) mass is 237 g/mol. The highest BCUT2D eigenvalue weighted by Crippen LogP contribution is 2.29. The van der Waals surface area contributed by atoms with E-state index in [1.165, 1.54) is 31.7 Å². The van der Waals surface area contributed by atoms with Crippen LogP contribution in [0.3, 0.4) is 0 Å². The zero-order valence-corrected chi connectivity index (χ0v) is 11.2. The maximum atomic E-state index is 13.3. The van der Waals surface area contributed by atoms with Crippen LogP contribution in [0.25, 0.3) is 0 Å². The third-order valence-electron chi connectivity index (χ3n) is 3.31. The average Bonchev–Trinajstić information content (AvgIpc) is 2.31. The van der Waals surface area contributed by atoms with E-state index >= 15 is 0 Å². The van der Waals surface area contributed by atoms with Crippen molar-refractivity contribution in [2.75, 3.05) is 7.05 Å². The van der Waals surface area contributed by atoms with E-state index in [4.69, 9.17) is 0 Å². The molecule has 1 atom stereocenters. The van der Waals surface area contributed by atoms with E-state index in [0.29, 0.717) is 5.92 Å². The fourth-order valence-corrected chi connectivity index (χ4v) is 2.59. The van der Waals surface area contributed by atoms with E-state index in [1.807, 2.05) is 13.1 Å². The Balaban J connectivity index is 2.87. The fourth-order valence-electron chi connectivity index (χ4n) is 2.59. The Morgan fingerprint density at radius 1 is 1.18 bits per heavy atom. The molecule has 17 heavy (non-hydrogen) atoms. The molecule has 1 aromatic carbocycles. The van der Waals surface area contributed by atoms with Gasteiger partial charge in [0.1, 0.15) is 5.82 Å². The summed E-state index contributed by atoms with van der Waals surface area (Å²) in [7, 11) is 1.97. The molecule has 96 valence electrons. The molecule has 0 spiro atoms. The molecule has 1 rings (SSSR count). The summed E-state index contributed by atoms with van der Waals surface area (Å²) in [5.74, 6) is 0.450. The SMILES string of the molecule is CCCC(CCC)C(NC)c1cccc(F)c1. The van der Waals surface area contributed by atoms with Crippen LogP contribution in [-0.2, 0) is 0 Å². The molecule has 0 heterocycles. The van der Waals surface area contributed by atoms with E-state index in [9.17, 15) is 4.39 Å². The van der Waals surface area contributed by atoms with Crippen LogP contribution in [0.5, 0.6) is 0 Å². The Bertz CT molecular complexity index is 318. The zero-order chi connectivity index (χ0) is 12.7. The van der Waals surface area contributed by atoms with Gasteiger partial charge in [-0.15, -0.1) is 0 Å². The second kappa shape index (κ2) is 7.44. The Hall–Kier alpha value is -0.890. The number of rotatable bonds is 7. The Kier molecular flexibility index (Phi) is 6.20. The van der Waals surface area contributed by atoms with Gasteiger partial charge in [0.15, 0.2) is 0 Å². The van der Waals surface area contributed by atoms with E-state index in [-0.39, 0.29) is 11.9 Å². The van der Waals surface area contributed by atoms with Gasteiger partial charge < -0.3 is 5.32 Å². The smallest absolute Gasteiger partial charge is 0.123 e. The van der Waals surface area contributed by atoms with Crippen LogP contribution in [0.1, 0.15) is 51.1 Å². The molecule has 0 aromatic heterocycles. The largest absolute Gasteiger partial charge is 0.313 e. The Morgan fingerprint density at radius 2 is 1.82 bits per heavy atom. The maximum absolute atomic E-state index is 13.3. The number of hydrogen-bond donors (Lipinski definition) is 1. The molecule has 0 aliphatic rings.